The van der Waals surface area contributed by atoms with Gasteiger partial charge in [-0.1, -0.05) is 22.0 Å². The lowest BCUT2D eigenvalue weighted by Gasteiger charge is -2.08. The van der Waals surface area contributed by atoms with Crippen molar-refractivity contribution in [2.45, 2.75) is 0 Å². The van der Waals surface area contributed by atoms with Crippen molar-refractivity contribution in [1.82, 2.24) is 9.97 Å². The Morgan fingerprint density at radius 3 is 2.86 bits per heavy atom. The van der Waals surface area contributed by atoms with E-state index in [2.05, 4.69) is 25.9 Å². The number of carboxylic acid groups (broad SMARTS) is 1. The van der Waals surface area contributed by atoms with Crippen LogP contribution in [0.1, 0.15) is 10.4 Å². The number of carbonyl (C=O) groups is 1. The van der Waals surface area contributed by atoms with Gasteiger partial charge < -0.3 is 9.84 Å². The number of nitrogens with zero attached hydrogens (tertiary/aromatic N) is 2. The van der Waals surface area contributed by atoms with Gasteiger partial charge in [0.2, 0.25) is 5.88 Å². The number of hydrogen-bond acceptors (Lipinski definition) is 4. The molecule has 0 aliphatic heterocycles. The van der Waals surface area contributed by atoms with E-state index in [1.54, 1.807) is 6.20 Å². The van der Waals surface area contributed by atoms with E-state index >= 15 is 0 Å². The third kappa shape index (κ3) is 2.71. The molecule has 0 saturated heterocycles. The largest absolute Gasteiger partial charge is 0.478 e. The van der Waals surface area contributed by atoms with Crippen LogP contribution in [0, 0.1) is 0 Å². The van der Waals surface area contributed by atoms with E-state index in [9.17, 15) is 4.79 Å². The van der Waals surface area contributed by atoms with Crippen LogP contribution in [0.25, 0.3) is 10.8 Å². The highest BCUT2D eigenvalue weighted by atomic mass is 79.9. The highest BCUT2D eigenvalue weighted by molar-refractivity contribution is 9.10. The molecule has 0 bridgehead atoms. The van der Waals surface area contributed by atoms with Gasteiger partial charge in [-0.3, -0.25) is 4.98 Å². The molecule has 1 aromatic carbocycles. The van der Waals surface area contributed by atoms with Crippen LogP contribution in [-0.2, 0) is 0 Å². The fourth-order valence-corrected chi connectivity index (χ4v) is 2.42. The lowest BCUT2D eigenvalue weighted by molar-refractivity contribution is 0.0696. The maximum Gasteiger partial charge on any atom is 0.337 e. The molecule has 0 aliphatic carbocycles. The lowest BCUT2D eigenvalue weighted by atomic mass is 10.2. The van der Waals surface area contributed by atoms with Crippen molar-refractivity contribution in [1.29, 1.82) is 0 Å². The van der Waals surface area contributed by atoms with E-state index in [4.69, 9.17) is 9.84 Å². The Hall–Kier alpha value is -2.47. The summed E-state index contributed by atoms with van der Waals surface area (Å²) in [4.78, 5) is 19.0. The Balaban J connectivity index is 2.04. The average Bonchev–Trinajstić information content (AvgIpc) is 2.49. The van der Waals surface area contributed by atoms with Crippen LogP contribution < -0.4 is 4.74 Å². The number of fused-ring (bicyclic) bond motifs is 1. The van der Waals surface area contributed by atoms with Gasteiger partial charge in [0.1, 0.15) is 5.75 Å². The molecule has 5 nitrogen and oxygen atoms in total. The third-order valence-electron chi connectivity index (χ3n) is 2.89. The minimum atomic E-state index is -1.05. The Labute approximate surface area is 128 Å². The molecule has 104 valence electrons. The van der Waals surface area contributed by atoms with Crippen LogP contribution in [0.4, 0.5) is 0 Å². The zero-order chi connectivity index (χ0) is 14.8. The van der Waals surface area contributed by atoms with Crippen LogP contribution in [0.3, 0.4) is 0 Å². The first-order valence-electron chi connectivity index (χ1n) is 6.04. The average molecular weight is 345 g/mol. The molecule has 3 rings (SSSR count). The number of carboxylic acids is 1. The summed E-state index contributed by atoms with van der Waals surface area (Å²) in [5.41, 5.74) is 0.0638. The van der Waals surface area contributed by atoms with Crippen LogP contribution in [-0.4, -0.2) is 21.0 Å². The summed E-state index contributed by atoms with van der Waals surface area (Å²) in [6.45, 7) is 0. The van der Waals surface area contributed by atoms with Gasteiger partial charge in [-0.2, -0.15) is 0 Å². The van der Waals surface area contributed by atoms with Crippen molar-refractivity contribution < 1.29 is 14.6 Å². The maximum absolute atomic E-state index is 10.9. The molecular weight excluding hydrogens is 336 g/mol. The fourth-order valence-electron chi connectivity index (χ4n) is 1.93. The van der Waals surface area contributed by atoms with E-state index < -0.39 is 5.97 Å². The van der Waals surface area contributed by atoms with Gasteiger partial charge in [-0.15, -0.1) is 0 Å². The Morgan fingerprint density at radius 2 is 2.05 bits per heavy atom. The molecule has 6 heteroatoms. The van der Waals surface area contributed by atoms with Gasteiger partial charge in [0.15, 0.2) is 0 Å². The number of ether oxygens (including phenoxy) is 1. The van der Waals surface area contributed by atoms with E-state index in [-0.39, 0.29) is 5.56 Å². The molecule has 0 atom stereocenters. The standard InChI is InChI=1S/C15H9BrN2O3/c16-13-3-1-2-12-11(13)4-5-18-14(12)21-10-6-9(15(19)20)7-17-8-10/h1-8H,(H,19,20). The SMILES string of the molecule is O=C(O)c1cncc(Oc2nccc3c(Br)cccc23)c1. The normalized spacial score (nSPS) is 10.5. The van der Waals surface area contributed by atoms with Crippen LogP contribution in [0.2, 0.25) is 0 Å². The van der Waals surface area contributed by atoms with E-state index in [0.717, 1.165) is 15.2 Å². The van der Waals surface area contributed by atoms with Crippen LogP contribution in [0.15, 0.2) is 53.4 Å². The smallest absolute Gasteiger partial charge is 0.337 e. The summed E-state index contributed by atoms with van der Waals surface area (Å²) in [5, 5.41) is 10.8. The summed E-state index contributed by atoms with van der Waals surface area (Å²) in [7, 11) is 0. The van der Waals surface area contributed by atoms with Gasteiger partial charge in [0.25, 0.3) is 0 Å². The summed E-state index contributed by atoms with van der Waals surface area (Å²) < 4.78 is 6.61. The van der Waals surface area contributed by atoms with Crippen LogP contribution >= 0.6 is 15.9 Å². The van der Waals surface area contributed by atoms with E-state index in [1.807, 2.05) is 24.3 Å². The molecule has 0 radical (unpaired) electrons. The van der Waals surface area contributed by atoms with E-state index in [0.29, 0.717) is 11.6 Å². The van der Waals surface area contributed by atoms with Gasteiger partial charge in [0, 0.05) is 27.6 Å². The Morgan fingerprint density at radius 1 is 1.19 bits per heavy atom. The zero-order valence-electron chi connectivity index (χ0n) is 10.7. The molecule has 0 fully saturated rings. The quantitative estimate of drug-likeness (QED) is 0.780. The molecule has 2 aromatic heterocycles. The summed E-state index contributed by atoms with van der Waals surface area (Å²) in [6.07, 6.45) is 4.35. The molecule has 0 unspecified atom stereocenters. The number of hydrogen-bond donors (Lipinski definition) is 1. The lowest BCUT2D eigenvalue weighted by Crippen LogP contribution is -1.98. The number of aromatic carboxylic acids is 1. The first-order valence-corrected chi connectivity index (χ1v) is 6.84. The van der Waals surface area contributed by atoms with Gasteiger partial charge in [-0.25, -0.2) is 9.78 Å². The monoisotopic (exact) mass is 344 g/mol. The van der Waals surface area contributed by atoms with Crippen LogP contribution in [0.5, 0.6) is 11.6 Å². The maximum atomic E-state index is 10.9. The summed E-state index contributed by atoms with van der Waals surface area (Å²) >= 11 is 3.47. The number of aromatic nitrogens is 2. The molecule has 0 aliphatic rings. The number of benzene rings is 1. The third-order valence-corrected chi connectivity index (χ3v) is 3.58. The topological polar surface area (TPSA) is 72.3 Å². The second-order valence-electron chi connectivity index (χ2n) is 4.27. The van der Waals surface area contributed by atoms with Crippen molar-refractivity contribution in [2.24, 2.45) is 0 Å². The Kier molecular flexibility index (Phi) is 3.53. The zero-order valence-corrected chi connectivity index (χ0v) is 12.2. The Bertz CT molecular complexity index is 836. The number of halogens is 1. The highest BCUT2D eigenvalue weighted by Gasteiger charge is 2.09. The summed E-state index contributed by atoms with van der Waals surface area (Å²) in [6, 6.07) is 8.98. The van der Waals surface area contributed by atoms with Crippen molar-refractivity contribution in [3.05, 3.63) is 59.0 Å². The molecule has 0 amide bonds. The first-order chi connectivity index (χ1) is 10.1. The van der Waals surface area contributed by atoms with Crippen molar-refractivity contribution in [3.63, 3.8) is 0 Å². The minimum Gasteiger partial charge on any atom is -0.478 e. The molecule has 1 N–H and O–H groups in total. The predicted molar refractivity (Wildman–Crippen MR) is 80.7 cm³/mol. The second-order valence-corrected chi connectivity index (χ2v) is 5.12. The highest BCUT2D eigenvalue weighted by Crippen LogP contribution is 2.31. The van der Waals surface area contributed by atoms with E-state index in [1.165, 1.54) is 18.5 Å². The summed E-state index contributed by atoms with van der Waals surface area (Å²) in [5.74, 6) is -0.324. The molecule has 0 spiro atoms. The molecule has 2 heterocycles. The fraction of sp³-hybridized carbons (Fsp3) is 0. The molecule has 0 saturated carbocycles. The van der Waals surface area contributed by atoms with Crippen molar-refractivity contribution in [3.8, 4) is 11.6 Å². The minimum absolute atomic E-state index is 0.0638. The molecular formula is C15H9BrN2O3. The number of rotatable bonds is 3. The van der Waals surface area contributed by atoms with Crippen molar-refractivity contribution >= 4 is 32.7 Å². The van der Waals surface area contributed by atoms with Gasteiger partial charge in [-0.05, 0) is 24.3 Å². The molecule has 21 heavy (non-hydrogen) atoms. The molecule has 3 aromatic rings. The predicted octanol–water partition coefficient (Wildman–Crippen LogP) is 3.88. The first kappa shape index (κ1) is 13.5. The number of pyridine rings is 2. The van der Waals surface area contributed by atoms with Crippen molar-refractivity contribution in [2.75, 3.05) is 0 Å². The van der Waals surface area contributed by atoms with Gasteiger partial charge in [0.05, 0.1) is 11.8 Å². The van der Waals surface area contributed by atoms with Gasteiger partial charge >= 0.3 is 5.97 Å². The second kappa shape index (κ2) is 5.49.